The van der Waals surface area contributed by atoms with E-state index in [2.05, 4.69) is 22.4 Å². The fourth-order valence-electron chi connectivity index (χ4n) is 4.19. The van der Waals surface area contributed by atoms with Gasteiger partial charge in [-0.05, 0) is 51.1 Å². The molecule has 2 aliphatic heterocycles. The van der Waals surface area contributed by atoms with Gasteiger partial charge in [0, 0.05) is 31.7 Å². The molecule has 0 amide bonds. The molecule has 0 bridgehead atoms. The molecule has 1 N–H and O–H groups in total. The van der Waals surface area contributed by atoms with E-state index in [9.17, 15) is 8.42 Å². The second-order valence-corrected chi connectivity index (χ2v) is 9.11. The summed E-state index contributed by atoms with van der Waals surface area (Å²) >= 11 is 0. The van der Waals surface area contributed by atoms with E-state index in [0.717, 1.165) is 38.9 Å². The fourth-order valence-corrected chi connectivity index (χ4v) is 4.92. The van der Waals surface area contributed by atoms with E-state index in [-0.39, 0.29) is 6.04 Å². The summed E-state index contributed by atoms with van der Waals surface area (Å²) < 4.78 is 25.3. The van der Waals surface area contributed by atoms with Crippen molar-refractivity contribution in [1.82, 2.24) is 14.5 Å². The van der Waals surface area contributed by atoms with Crippen molar-refractivity contribution in [2.24, 2.45) is 5.92 Å². The SMILES string of the molecule is CN(C1CCN(C2CCNCC2)C(C2C=CC2)C1)S(C)(=O)=O. The van der Waals surface area contributed by atoms with Crippen molar-refractivity contribution in [2.45, 2.75) is 50.2 Å². The maximum Gasteiger partial charge on any atom is 0.211 e. The predicted molar refractivity (Wildman–Crippen MR) is 89.3 cm³/mol. The first kappa shape index (κ1) is 16.4. The molecule has 0 aromatic heterocycles. The van der Waals surface area contributed by atoms with E-state index in [1.165, 1.54) is 19.1 Å². The number of piperidine rings is 2. The number of rotatable bonds is 4. The molecule has 0 radical (unpaired) electrons. The molecule has 3 rings (SSSR count). The third-order valence-electron chi connectivity index (χ3n) is 5.76. The van der Waals surface area contributed by atoms with Crippen molar-refractivity contribution in [3.05, 3.63) is 12.2 Å². The molecule has 0 aromatic rings. The lowest BCUT2D eigenvalue weighted by Gasteiger charge is -2.49. The van der Waals surface area contributed by atoms with Gasteiger partial charge in [0.05, 0.1) is 6.26 Å². The zero-order valence-corrected chi connectivity index (χ0v) is 14.6. The standard InChI is InChI=1S/C16H29N3O2S/c1-18(22(2,20)21)15-8-11-19(14-6-9-17-10-7-14)16(12-15)13-4-3-5-13/h3-4,13-17H,5-12H2,1-2H3. The molecule has 6 heteroatoms. The van der Waals surface area contributed by atoms with Gasteiger partial charge in [-0.25, -0.2) is 12.7 Å². The molecule has 0 saturated carbocycles. The molecule has 2 saturated heterocycles. The van der Waals surface area contributed by atoms with Gasteiger partial charge in [0.2, 0.25) is 10.0 Å². The van der Waals surface area contributed by atoms with Crippen molar-refractivity contribution < 1.29 is 8.42 Å². The van der Waals surface area contributed by atoms with Crippen molar-refractivity contribution in [2.75, 3.05) is 32.9 Å². The van der Waals surface area contributed by atoms with Crippen LogP contribution in [0.1, 0.15) is 32.1 Å². The largest absolute Gasteiger partial charge is 0.317 e. The smallest absolute Gasteiger partial charge is 0.211 e. The van der Waals surface area contributed by atoms with Crippen molar-refractivity contribution in [3.8, 4) is 0 Å². The topological polar surface area (TPSA) is 52.6 Å². The molecule has 0 aromatic carbocycles. The van der Waals surface area contributed by atoms with Crippen molar-refractivity contribution in [3.63, 3.8) is 0 Å². The molecule has 0 spiro atoms. The summed E-state index contributed by atoms with van der Waals surface area (Å²) in [5.74, 6) is 0.616. The minimum atomic E-state index is -3.10. The van der Waals surface area contributed by atoms with E-state index < -0.39 is 10.0 Å². The van der Waals surface area contributed by atoms with Crippen LogP contribution in [0, 0.1) is 5.92 Å². The molecule has 5 nitrogen and oxygen atoms in total. The van der Waals surface area contributed by atoms with E-state index in [1.54, 1.807) is 11.4 Å². The van der Waals surface area contributed by atoms with E-state index in [1.807, 2.05) is 0 Å². The molecule has 22 heavy (non-hydrogen) atoms. The first-order valence-corrected chi connectivity index (χ1v) is 10.4. The predicted octanol–water partition coefficient (Wildman–Crippen LogP) is 1.04. The van der Waals surface area contributed by atoms with Gasteiger partial charge in [-0.15, -0.1) is 0 Å². The maximum atomic E-state index is 11.9. The molecule has 3 unspecified atom stereocenters. The van der Waals surface area contributed by atoms with E-state index >= 15 is 0 Å². The van der Waals surface area contributed by atoms with E-state index in [4.69, 9.17) is 0 Å². The quantitative estimate of drug-likeness (QED) is 0.784. The lowest BCUT2D eigenvalue weighted by atomic mass is 9.79. The Morgan fingerprint density at radius 3 is 2.45 bits per heavy atom. The van der Waals surface area contributed by atoms with Crippen LogP contribution >= 0.6 is 0 Å². The van der Waals surface area contributed by atoms with Gasteiger partial charge >= 0.3 is 0 Å². The molecule has 2 heterocycles. The average Bonchev–Trinajstić information content (AvgIpc) is 2.44. The van der Waals surface area contributed by atoms with Crippen molar-refractivity contribution in [1.29, 1.82) is 0 Å². The zero-order chi connectivity index (χ0) is 15.7. The lowest BCUT2D eigenvalue weighted by molar-refractivity contribution is 0.0276. The van der Waals surface area contributed by atoms with E-state index in [0.29, 0.717) is 18.0 Å². The molecule has 3 aliphatic rings. The van der Waals surface area contributed by atoms with Crippen LogP contribution in [0.25, 0.3) is 0 Å². The highest BCUT2D eigenvalue weighted by atomic mass is 32.2. The molecule has 3 atom stereocenters. The summed E-state index contributed by atoms with van der Waals surface area (Å²) in [6.45, 7) is 3.26. The number of nitrogens with zero attached hydrogens (tertiary/aromatic N) is 2. The third kappa shape index (κ3) is 3.40. The zero-order valence-electron chi connectivity index (χ0n) is 13.7. The molecular weight excluding hydrogens is 298 g/mol. The number of allylic oxidation sites excluding steroid dienone is 1. The number of nitrogens with one attached hydrogen (secondary N) is 1. The van der Waals surface area contributed by atoms with Gasteiger partial charge < -0.3 is 5.32 Å². The molecule has 2 fully saturated rings. The Kier molecular flexibility index (Phi) is 4.92. The maximum absolute atomic E-state index is 11.9. The van der Waals surface area contributed by atoms with Crippen molar-refractivity contribution >= 4 is 10.0 Å². The van der Waals surface area contributed by atoms with Gasteiger partial charge in [0.15, 0.2) is 0 Å². The van der Waals surface area contributed by atoms with Crippen LogP contribution < -0.4 is 5.32 Å². The summed E-state index contributed by atoms with van der Waals surface area (Å²) in [4.78, 5) is 2.70. The summed E-state index contributed by atoms with van der Waals surface area (Å²) in [6, 6.07) is 1.34. The second kappa shape index (κ2) is 6.59. The number of likely N-dealkylation sites (tertiary alicyclic amines) is 1. The minimum Gasteiger partial charge on any atom is -0.317 e. The molecular formula is C16H29N3O2S. The Labute approximate surface area is 134 Å². The van der Waals surface area contributed by atoms with Crippen LogP contribution in [-0.4, -0.2) is 68.7 Å². The fraction of sp³-hybridized carbons (Fsp3) is 0.875. The van der Waals surface area contributed by atoms with Crippen LogP contribution in [-0.2, 0) is 10.0 Å². The minimum absolute atomic E-state index is 0.159. The van der Waals surface area contributed by atoms with Gasteiger partial charge in [-0.3, -0.25) is 4.90 Å². The van der Waals surface area contributed by atoms with Gasteiger partial charge in [-0.1, -0.05) is 12.2 Å². The monoisotopic (exact) mass is 327 g/mol. The third-order valence-corrected chi connectivity index (χ3v) is 7.11. The van der Waals surface area contributed by atoms with Gasteiger partial charge in [0.25, 0.3) is 0 Å². The van der Waals surface area contributed by atoms with Gasteiger partial charge in [0.1, 0.15) is 0 Å². The molecule has 126 valence electrons. The van der Waals surface area contributed by atoms with Crippen LogP contribution in [0.5, 0.6) is 0 Å². The highest BCUT2D eigenvalue weighted by Crippen LogP contribution is 2.35. The summed E-state index contributed by atoms with van der Waals surface area (Å²) in [5, 5.41) is 3.44. The Hall–Kier alpha value is -0.430. The molecule has 1 aliphatic carbocycles. The summed E-state index contributed by atoms with van der Waals surface area (Å²) in [7, 11) is -1.35. The number of sulfonamides is 1. The van der Waals surface area contributed by atoms with Crippen LogP contribution in [0.4, 0.5) is 0 Å². The Morgan fingerprint density at radius 2 is 1.91 bits per heavy atom. The first-order valence-electron chi connectivity index (χ1n) is 8.53. The highest BCUT2D eigenvalue weighted by molar-refractivity contribution is 7.88. The summed E-state index contributed by atoms with van der Waals surface area (Å²) in [6.07, 6.45) is 11.4. The highest BCUT2D eigenvalue weighted by Gasteiger charge is 2.40. The van der Waals surface area contributed by atoms with Gasteiger partial charge in [-0.2, -0.15) is 0 Å². The first-order chi connectivity index (χ1) is 10.5. The Morgan fingerprint density at radius 1 is 1.23 bits per heavy atom. The number of hydrogen-bond donors (Lipinski definition) is 1. The Balaban J connectivity index is 1.72. The van der Waals surface area contributed by atoms with Crippen LogP contribution in [0.2, 0.25) is 0 Å². The van der Waals surface area contributed by atoms with Crippen LogP contribution in [0.3, 0.4) is 0 Å². The lowest BCUT2D eigenvalue weighted by Crippen LogP contribution is -2.57. The normalized spacial score (nSPS) is 34.8. The second-order valence-electron chi connectivity index (χ2n) is 7.07. The number of hydrogen-bond acceptors (Lipinski definition) is 4. The average molecular weight is 327 g/mol. The summed E-state index contributed by atoms with van der Waals surface area (Å²) in [5.41, 5.74) is 0. The Bertz CT molecular complexity index is 513. The van der Waals surface area contributed by atoms with Crippen LogP contribution in [0.15, 0.2) is 12.2 Å².